The van der Waals surface area contributed by atoms with Gasteiger partial charge in [0.25, 0.3) is 11.8 Å². The fraction of sp³-hybridized carbons (Fsp3) is 0.231. The Bertz CT molecular complexity index is 1120. The Kier molecular flexibility index (Phi) is 6.40. The number of hydrogen-bond donors (Lipinski definition) is 1. The van der Waals surface area contributed by atoms with Crippen LogP contribution in [0, 0.1) is 13.8 Å². The molecule has 3 aromatic rings. The molecule has 0 fully saturated rings. The summed E-state index contributed by atoms with van der Waals surface area (Å²) < 4.78 is 11.4. The van der Waals surface area contributed by atoms with Crippen molar-refractivity contribution in [2.45, 2.75) is 20.3 Å². The van der Waals surface area contributed by atoms with Gasteiger partial charge in [0.1, 0.15) is 11.5 Å². The van der Waals surface area contributed by atoms with Crippen molar-refractivity contribution in [3.05, 3.63) is 83.4 Å². The lowest BCUT2D eigenvalue weighted by Crippen LogP contribution is -2.39. The van der Waals surface area contributed by atoms with Gasteiger partial charge in [0.05, 0.1) is 12.3 Å². The number of ether oxygens (including phenoxy) is 2. The van der Waals surface area contributed by atoms with E-state index in [9.17, 15) is 9.59 Å². The van der Waals surface area contributed by atoms with Gasteiger partial charge in [-0.05, 0) is 62.7 Å². The van der Waals surface area contributed by atoms with Gasteiger partial charge in [-0.1, -0.05) is 35.4 Å². The van der Waals surface area contributed by atoms with Crippen LogP contribution in [-0.4, -0.2) is 31.6 Å². The molecule has 164 valence electrons. The van der Waals surface area contributed by atoms with Gasteiger partial charge >= 0.3 is 0 Å². The van der Waals surface area contributed by atoms with Gasteiger partial charge in [-0.3, -0.25) is 9.59 Å². The summed E-state index contributed by atoms with van der Waals surface area (Å²) in [6.07, 6.45) is 0.666. The van der Waals surface area contributed by atoms with E-state index in [0.29, 0.717) is 42.3 Å². The number of hydrogen-bond acceptors (Lipinski definition) is 4. The minimum Gasteiger partial charge on any atom is -0.494 e. The number of carbonyl (C=O) groups excluding carboxylic acids is 2. The van der Waals surface area contributed by atoms with Gasteiger partial charge in [-0.15, -0.1) is 0 Å². The molecule has 1 aliphatic heterocycles. The van der Waals surface area contributed by atoms with E-state index >= 15 is 0 Å². The smallest absolute Gasteiger partial charge is 0.265 e. The standard InChI is InChI=1S/C26H26N2O4/c1-18-7-10-22(11-8-18)31-14-4-13-28-23-16-21(9-12-24(23)32-17-25(28)29)27-26(30)20-6-3-5-19(2)15-20/h3,5-12,15-16H,4,13-14,17H2,1-2H3,(H,27,30). The van der Waals surface area contributed by atoms with Crippen molar-refractivity contribution < 1.29 is 19.1 Å². The Labute approximate surface area is 187 Å². The number of amides is 2. The molecule has 1 N–H and O–H groups in total. The summed E-state index contributed by atoms with van der Waals surface area (Å²) in [4.78, 5) is 26.8. The molecule has 2 amide bonds. The summed E-state index contributed by atoms with van der Waals surface area (Å²) >= 11 is 0. The molecule has 0 radical (unpaired) electrons. The molecule has 1 heterocycles. The molecule has 6 heteroatoms. The molecule has 0 bridgehead atoms. The average molecular weight is 431 g/mol. The average Bonchev–Trinajstić information content (AvgIpc) is 2.79. The van der Waals surface area contributed by atoms with Gasteiger partial charge < -0.3 is 19.7 Å². The van der Waals surface area contributed by atoms with Crippen LogP contribution < -0.4 is 19.7 Å². The summed E-state index contributed by atoms with van der Waals surface area (Å²) in [7, 11) is 0. The molecule has 0 saturated heterocycles. The summed E-state index contributed by atoms with van der Waals surface area (Å²) in [6.45, 7) is 4.96. The number of nitrogens with zero attached hydrogens (tertiary/aromatic N) is 1. The highest BCUT2D eigenvalue weighted by Crippen LogP contribution is 2.35. The van der Waals surface area contributed by atoms with Crippen LogP contribution in [0.25, 0.3) is 0 Å². The largest absolute Gasteiger partial charge is 0.494 e. The molecule has 4 rings (SSSR count). The van der Waals surface area contributed by atoms with Crippen LogP contribution in [-0.2, 0) is 4.79 Å². The summed E-state index contributed by atoms with van der Waals surface area (Å²) in [5.41, 5.74) is 4.03. The Balaban J connectivity index is 1.42. The van der Waals surface area contributed by atoms with Crippen LogP contribution in [0.4, 0.5) is 11.4 Å². The maximum Gasteiger partial charge on any atom is 0.265 e. The molecular formula is C26H26N2O4. The van der Waals surface area contributed by atoms with Crippen LogP contribution >= 0.6 is 0 Å². The van der Waals surface area contributed by atoms with Gasteiger partial charge in [-0.2, -0.15) is 0 Å². The second-order valence-electron chi connectivity index (χ2n) is 7.86. The third-order valence-electron chi connectivity index (χ3n) is 5.26. The Morgan fingerprint density at radius 3 is 2.62 bits per heavy atom. The first kappa shape index (κ1) is 21.4. The first-order chi connectivity index (χ1) is 15.5. The van der Waals surface area contributed by atoms with Crippen molar-refractivity contribution in [2.24, 2.45) is 0 Å². The van der Waals surface area contributed by atoms with E-state index in [1.165, 1.54) is 5.56 Å². The highest BCUT2D eigenvalue weighted by atomic mass is 16.5. The number of rotatable bonds is 7. The van der Waals surface area contributed by atoms with Crippen molar-refractivity contribution in [3.8, 4) is 11.5 Å². The highest BCUT2D eigenvalue weighted by molar-refractivity contribution is 6.05. The van der Waals surface area contributed by atoms with Gasteiger partial charge in [0.15, 0.2) is 6.61 Å². The van der Waals surface area contributed by atoms with E-state index in [1.807, 2.05) is 56.3 Å². The number of fused-ring (bicyclic) bond motifs is 1. The van der Waals surface area contributed by atoms with Crippen molar-refractivity contribution in [1.29, 1.82) is 0 Å². The number of nitrogens with one attached hydrogen (secondary N) is 1. The van der Waals surface area contributed by atoms with Gasteiger partial charge in [-0.25, -0.2) is 0 Å². The predicted octanol–water partition coefficient (Wildman–Crippen LogP) is 4.75. The number of aryl methyl sites for hydroxylation is 2. The zero-order valence-electron chi connectivity index (χ0n) is 18.3. The summed E-state index contributed by atoms with van der Waals surface area (Å²) in [5, 5.41) is 2.91. The van der Waals surface area contributed by atoms with E-state index in [2.05, 4.69) is 5.32 Å². The quantitative estimate of drug-likeness (QED) is 0.549. The predicted molar refractivity (Wildman–Crippen MR) is 125 cm³/mol. The van der Waals surface area contributed by atoms with Crippen LogP contribution in [0.2, 0.25) is 0 Å². The normalized spacial score (nSPS) is 12.7. The second kappa shape index (κ2) is 9.56. The zero-order chi connectivity index (χ0) is 22.5. The van der Waals surface area contributed by atoms with Gasteiger partial charge in [0.2, 0.25) is 0 Å². The molecular weight excluding hydrogens is 404 g/mol. The first-order valence-corrected chi connectivity index (χ1v) is 10.6. The van der Waals surface area contributed by atoms with Crippen LogP contribution in [0.15, 0.2) is 66.7 Å². The second-order valence-corrected chi connectivity index (χ2v) is 7.86. The summed E-state index contributed by atoms with van der Waals surface area (Å²) in [5.74, 6) is 1.12. The molecule has 0 aliphatic carbocycles. The van der Waals surface area contributed by atoms with Crippen molar-refractivity contribution in [2.75, 3.05) is 30.0 Å². The first-order valence-electron chi connectivity index (χ1n) is 10.6. The van der Waals surface area contributed by atoms with Gasteiger partial charge in [0, 0.05) is 17.8 Å². The maximum atomic E-state index is 12.6. The minimum absolute atomic E-state index is 0.000811. The molecule has 0 unspecified atom stereocenters. The maximum absolute atomic E-state index is 12.6. The molecule has 6 nitrogen and oxygen atoms in total. The van der Waals surface area contributed by atoms with Crippen LogP contribution in [0.3, 0.4) is 0 Å². The van der Waals surface area contributed by atoms with E-state index in [1.54, 1.807) is 29.2 Å². The third-order valence-corrected chi connectivity index (χ3v) is 5.26. The van der Waals surface area contributed by atoms with E-state index in [-0.39, 0.29) is 18.4 Å². The topological polar surface area (TPSA) is 67.9 Å². The SMILES string of the molecule is Cc1ccc(OCCCN2C(=O)COc3ccc(NC(=O)c4cccc(C)c4)cc32)cc1. The minimum atomic E-state index is -0.199. The number of anilines is 2. The van der Waals surface area contributed by atoms with E-state index in [4.69, 9.17) is 9.47 Å². The van der Waals surface area contributed by atoms with E-state index in [0.717, 1.165) is 11.3 Å². The molecule has 0 aromatic heterocycles. The van der Waals surface area contributed by atoms with Crippen molar-refractivity contribution in [1.82, 2.24) is 0 Å². The monoisotopic (exact) mass is 430 g/mol. The number of carbonyl (C=O) groups is 2. The van der Waals surface area contributed by atoms with Crippen molar-refractivity contribution >= 4 is 23.2 Å². The number of benzene rings is 3. The molecule has 0 atom stereocenters. The Morgan fingerprint density at radius 2 is 1.84 bits per heavy atom. The molecule has 1 aliphatic rings. The summed E-state index contributed by atoms with van der Waals surface area (Å²) in [6, 6.07) is 20.6. The lowest BCUT2D eigenvalue weighted by atomic mass is 10.1. The van der Waals surface area contributed by atoms with E-state index < -0.39 is 0 Å². The van der Waals surface area contributed by atoms with Crippen molar-refractivity contribution in [3.63, 3.8) is 0 Å². The lowest BCUT2D eigenvalue weighted by molar-refractivity contribution is -0.121. The third kappa shape index (κ3) is 5.09. The molecule has 3 aromatic carbocycles. The molecule has 32 heavy (non-hydrogen) atoms. The van der Waals surface area contributed by atoms with Crippen LogP contribution in [0.5, 0.6) is 11.5 Å². The Morgan fingerprint density at radius 1 is 1.03 bits per heavy atom. The lowest BCUT2D eigenvalue weighted by Gasteiger charge is -2.30. The molecule has 0 saturated carbocycles. The fourth-order valence-electron chi connectivity index (χ4n) is 3.56. The van der Waals surface area contributed by atoms with Crippen LogP contribution in [0.1, 0.15) is 27.9 Å². The fourth-order valence-corrected chi connectivity index (χ4v) is 3.56. The highest BCUT2D eigenvalue weighted by Gasteiger charge is 2.25. The Hall–Kier alpha value is -3.80. The zero-order valence-corrected chi connectivity index (χ0v) is 18.3. The molecule has 0 spiro atoms.